The Kier molecular flexibility index (Phi) is 3.92. The molecule has 0 bridgehead atoms. The van der Waals surface area contributed by atoms with Crippen molar-refractivity contribution in [2.75, 3.05) is 0 Å². The fraction of sp³-hybridized carbons (Fsp3) is 0.417. The van der Waals surface area contributed by atoms with Gasteiger partial charge in [0.15, 0.2) is 5.38 Å². The van der Waals surface area contributed by atoms with Crippen LogP contribution in [0.25, 0.3) is 0 Å². The molecule has 0 heterocycles. The Morgan fingerprint density at radius 1 is 1.44 bits per heavy atom. The molecule has 0 aliphatic carbocycles. The maximum atomic E-state index is 12.9. The van der Waals surface area contributed by atoms with Crippen LogP contribution in [0.3, 0.4) is 0 Å². The number of hydrogen-bond acceptors (Lipinski definition) is 2. The molecule has 0 saturated carbocycles. The lowest BCUT2D eigenvalue weighted by Crippen LogP contribution is -2.26. The number of carbonyl (C=O) groups is 1. The van der Waals surface area contributed by atoms with E-state index < -0.39 is 22.8 Å². The summed E-state index contributed by atoms with van der Waals surface area (Å²) in [5.74, 6) is -0.994. The zero-order valence-electron chi connectivity index (χ0n) is 9.46. The van der Waals surface area contributed by atoms with Crippen molar-refractivity contribution in [3.8, 4) is 0 Å². The molecular formula is C12H14ClFO2. The maximum absolute atomic E-state index is 12.9. The molecule has 0 spiro atoms. The Morgan fingerprint density at radius 2 is 2.06 bits per heavy atom. The van der Waals surface area contributed by atoms with Gasteiger partial charge in [-0.25, -0.2) is 4.39 Å². The molecular weight excluding hydrogens is 231 g/mol. The van der Waals surface area contributed by atoms with Crippen molar-refractivity contribution in [2.24, 2.45) is 0 Å². The third-order valence-electron chi connectivity index (χ3n) is 1.76. The molecule has 0 aliphatic rings. The van der Waals surface area contributed by atoms with Crippen LogP contribution in [0.5, 0.6) is 0 Å². The molecule has 0 N–H and O–H groups in total. The largest absolute Gasteiger partial charge is 0.459 e. The molecule has 1 aromatic carbocycles. The van der Waals surface area contributed by atoms with E-state index in [-0.39, 0.29) is 0 Å². The highest BCUT2D eigenvalue weighted by atomic mass is 35.5. The fourth-order valence-electron chi connectivity index (χ4n) is 1.15. The van der Waals surface area contributed by atoms with Gasteiger partial charge in [0.05, 0.1) is 0 Å². The second-order valence-corrected chi connectivity index (χ2v) is 4.89. The molecule has 0 aromatic heterocycles. The average Bonchev–Trinajstić information content (AvgIpc) is 2.14. The number of rotatable bonds is 2. The van der Waals surface area contributed by atoms with Crippen LogP contribution >= 0.6 is 11.6 Å². The number of esters is 1. The van der Waals surface area contributed by atoms with E-state index >= 15 is 0 Å². The quantitative estimate of drug-likeness (QED) is 0.588. The van der Waals surface area contributed by atoms with Crippen molar-refractivity contribution >= 4 is 17.6 Å². The maximum Gasteiger partial charge on any atom is 0.329 e. The minimum absolute atomic E-state index is 0.399. The average molecular weight is 245 g/mol. The Hall–Kier alpha value is -1.09. The van der Waals surface area contributed by atoms with E-state index in [2.05, 4.69) is 0 Å². The van der Waals surface area contributed by atoms with Gasteiger partial charge in [-0.3, -0.25) is 4.79 Å². The van der Waals surface area contributed by atoms with Crippen molar-refractivity contribution in [2.45, 2.75) is 31.7 Å². The number of ether oxygens (including phenoxy) is 1. The van der Waals surface area contributed by atoms with Crippen LogP contribution in [0.1, 0.15) is 31.7 Å². The normalized spacial score (nSPS) is 13.3. The molecule has 0 saturated heterocycles. The Bertz CT molecular complexity index is 385. The van der Waals surface area contributed by atoms with Crippen molar-refractivity contribution in [1.29, 1.82) is 0 Å². The van der Waals surface area contributed by atoms with E-state index in [1.54, 1.807) is 26.8 Å². The molecule has 0 aliphatic heterocycles. The summed E-state index contributed by atoms with van der Waals surface area (Å²) >= 11 is 5.89. The van der Waals surface area contributed by atoms with Gasteiger partial charge in [0.2, 0.25) is 0 Å². The van der Waals surface area contributed by atoms with Gasteiger partial charge in [-0.15, -0.1) is 11.6 Å². The molecule has 1 unspecified atom stereocenters. The number of alkyl halides is 1. The van der Waals surface area contributed by atoms with Crippen molar-refractivity contribution < 1.29 is 13.9 Å². The van der Waals surface area contributed by atoms with E-state index in [4.69, 9.17) is 16.3 Å². The minimum atomic E-state index is -0.977. The highest BCUT2D eigenvalue weighted by molar-refractivity contribution is 6.29. The zero-order chi connectivity index (χ0) is 12.3. The van der Waals surface area contributed by atoms with E-state index in [0.717, 1.165) is 0 Å². The molecule has 0 radical (unpaired) electrons. The summed E-state index contributed by atoms with van der Waals surface area (Å²) in [6, 6.07) is 5.61. The smallest absolute Gasteiger partial charge is 0.329 e. The first-order valence-electron chi connectivity index (χ1n) is 4.92. The standard InChI is InChI=1S/C12H14ClFO2/c1-12(2,3)16-11(15)10(13)8-5-4-6-9(14)7-8/h4-7,10H,1-3H3. The van der Waals surface area contributed by atoms with E-state index in [1.165, 1.54) is 18.2 Å². The van der Waals surface area contributed by atoms with Gasteiger partial charge in [0, 0.05) is 0 Å². The summed E-state index contributed by atoms with van der Waals surface area (Å²) < 4.78 is 18.0. The molecule has 0 amide bonds. The van der Waals surface area contributed by atoms with E-state index in [1.807, 2.05) is 0 Å². The summed E-state index contributed by atoms with van der Waals surface area (Å²) in [6.07, 6.45) is 0. The molecule has 0 fully saturated rings. The highest BCUT2D eigenvalue weighted by Crippen LogP contribution is 2.24. The van der Waals surface area contributed by atoms with Crippen LogP contribution in [-0.2, 0) is 9.53 Å². The first-order chi connectivity index (χ1) is 7.29. The number of benzene rings is 1. The highest BCUT2D eigenvalue weighted by Gasteiger charge is 2.24. The van der Waals surface area contributed by atoms with Crippen molar-refractivity contribution in [3.63, 3.8) is 0 Å². The number of hydrogen-bond donors (Lipinski definition) is 0. The summed E-state index contributed by atoms with van der Waals surface area (Å²) in [4.78, 5) is 11.6. The van der Waals surface area contributed by atoms with Gasteiger partial charge in [0.25, 0.3) is 0 Å². The molecule has 1 atom stereocenters. The molecule has 88 valence electrons. The second-order valence-electron chi connectivity index (χ2n) is 4.45. The van der Waals surface area contributed by atoms with Crippen LogP contribution in [0.2, 0.25) is 0 Å². The zero-order valence-corrected chi connectivity index (χ0v) is 10.2. The number of carbonyl (C=O) groups excluding carboxylic acids is 1. The third kappa shape index (κ3) is 3.81. The Balaban J connectivity index is 2.78. The van der Waals surface area contributed by atoms with Crippen molar-refractivity contribution in [3.05, 3.63) is 35.6 Å². The fourth-order valence-corrected chi connectivity index (χ4v) is 1.33. The van der Waals surface area contributed by atoms with E-state index in [9.17, 15) is 9.18 Å². The second kappa shape index (κ2) is 4.83. The first kappa shape index (κ1) is 13.0. The lowest BCUT2D eigenvalue weighted by molar-refractivity contribution is -0.154. The predicted octanol–water partition coefficient (Wildman–Crippen LogP) is 3.45. The van der Waals surface area contributed by atoms with Crippen molar-refractivity contribution in [1.82, 2.24) is 0 Å². The van der Waals surface area contributed by atoms with Gasteiger partial charge in [-0.2, -0.15) is 0 Å². The van der Waals surface area contributed by atoms with Gasteiger partial charge in [-0.1, -0.05) is 12.1 Å². The van der Waals surface area contributed by atoms with Gasteiger partial charge >= 0.3 is 5.97 Å². The monoisotopic (exact) mass is 244 g/mol. The SMILES string of the molecule is CC(C)(C)OC(=O)C(Cl)c1cccc(F)c1. The van der Waals surface area contributed by atoms with Gasteiger partial charge < -0.3 is 4.74 Å². The minimum Gasteiger partial charge on any atom is -0.459 e. The number of halogens is 2. The molecule has 1 rings (SSSR count). The summed E-state index contributed by atoms with van der Waals surface area (Å²) in [6.45, 7) is 5.25. The van der Waals surface area contributed by atoms with Crippen LogP contribution in [0.4, 0.5) is 4.39 Å². The van der Waals surface area contributed by atoms with Crippen LogP contribution in [0, 0.1) is 5.82 Å². The lowest BCUT2D eigenvalue weighted by atomic mass is 10.1. The topological polar surface area (TPSA) is 26.3 Å². The lowest BCUT2D eigenvalue weighted by Gasteiger charge is -2.21. The predicted molar refractivity (Wildman–Crippen MR) is 60.8 cm³/mol. The van der Waals surface area contributed by atoms with Gasteiger partial charge in [0.1, 0.15) is 11.4 Å². The van der Waals surface area contributed by atoms with Crippen LogP contribution in [0.15, 0.2) is 24.3 Å². The molecule has 16 heavy (non-hydrogen) atoms. The summed E-state index contributed by atoms with van der Waals surface area (Å²) in [5, 5.41) is -0.977. The van der Waals surface area contributed by atoms with Crippen LogP contribution < -0.4 is 0 Å². The Labute approximate surface area is 99.4 Å². The molecule has 4 heteroatoms. The first-order valence-corrected chi connectivity index (χ1v) is 5.35. The van der Waals surface area contributed by atoms with Gasteiger partial charge in [-0.05, 0) is 38.5 Å². The summed E-state index contributed by atoms with van der Waals surface area (Å²) in [7, 11) is 0. The molecule has 1 aromatic rings. The van der Waals surface area contributed by atoms with Crippen LogP contribution in [-0.4, -0.2) is 11.6 Å². The van der Waals surface area contributed by atoms with E-state index in [0.29, 0.717) is 5.56 Å². The molecule has 2 nitrogen and oxygen atoms in total. The summed E-state index contributed by atoms with van der Waals surface area (Å²) in [5.41, 5.74) is -0.201. The Morgan fingerprint density at radius 3 is 2.56 bits per heavy atom. The third-order valence-corrected chi connectivity index (χ3v) is 2.19.